The number of esters is 1. The third kappa shape index (κ3) is 9.93. The number of fused-ring (bicyclic) bond motifs is 1. The number of hydrogen-bond acceptors (Lipinski definition) is 8. The van der Waals surface area contributed by atoms with Crippen LogP contribution in [-0.4, -0.2) is 73.2 Å². The first-order valence-corrected chi connectivity index (χ1v) is 15.2. The largest absolute Gasteiger partial charge is 0.494 e. The van der Waals surface area contributed by atoms with E-state index in [4.69, 9.17) is 14.2 Å². The summed E-state index contributed by atoms with van der Waals surface area (Å²) in [6.07, 6.45) is 6.83. The second-order valence-corrected chi connectivity index (χ2v) is 11.2. The second kappa shape index (κ2) is 16.2. The molecule has 0 saturated heterocycles. The molecule has 3 rings (SSSR count). The summed E-state index contributed by atoms with van der Waals surface area (Å²) in [6.45, 7) is 9.83. The highest BCUT2D eigenvalue weighted by Crippen LogP contribution is 2.32. The number of rotatable bonds is 13. The second-order valence-electron chi connectivity index (χ2n) is 11.2. The molecule has 0 aromatic heterocycles. The molecule has 2 unspecified atom stereocenters. The Hall–Kier alpha value is -3.30. The number of nitrogens with zero attached hydrogens (tertiary/aromatic N) is 3. The summed E-state index contributed by atoms with van der Waals surface area (Å²) in [7, 11) is 1.85. The molecule has 0 radical (unpaired) electrons. The van der Waals surface area contributed by atoms with E-state index < -0.39 is 6.09 Å². The highest BCUT2D eigenvalue weighted by Gasteiger charge is 2.32. The molecule has 41 heavy (non-hydrogen) atoms. The van der Waals surface area contributed by atoms with Gasteiger partial charge in [0.25, 0.3) is 0 Å². The van der Waals surface area contributed by atoms with Gasteiger partial charge in [-0.2, -0.15) is 0 Å². The molecule has 2 amide bonds. The predicted molar refractivity (Wildman–Crippen MR) is 158 cm³/mol. The zero-order chi connectivity index (χ0) is 29.8. The lowest BCUT2D eigenvalue weighted by Crippen LogP contribution is -2.48. The minimum Gasteiger partial charge on any atom is -0.494 e. The first-order valence-electron chi connectivity index (χ1n) is 15.2. The number of guanidine groups is 1. The number of unbranched alkanes of at least 4 members (excludes halogenated alkanes) is 2. The van der Waals surface area contributed by atoms with Gasteiger partial charge < -0.3 is 24.0 Å². The van der Waals surface area contributed by atoms with Crippen LogP contribution in [-0.2, 0) is 25.6 Å². The third-order valence-corrected chi connectivity index (χ3v) is 7.78. The number of ether oxygens (including phenoxy) is 3. The Morgan fingerprint density at radius 2 is 1.85 bits per heavy atom. The van der Waals surface area contributed by atoms with Crippen molar-refractivity contribution in [1.29, 1.82) is 0 Å². The van der Waals surface area contributed by atoms with Crippen LogP contribution in [0.1, 0.15) is 84.6 Å². The molecule has 0 bridgehead atoms. The third-order valence-electron chi connectivity index (χ3n) is 7.78. The first-order chi connectivity index (χ1) is 19.7. The van der Waals surface area contributed by atoms with Gasteiger partial charge in [0, 0.05) is 32.1 Å². The predicted octanol–water partition coefficient (Wildman–Crippen LogP) is 5.41. The lowest BCUT2D eigenvalue weighted by atomic mass is 9.80. The summed E-state index contributed by atoms with van der Waals surface area (Å²) in [6, 6.07) is 5.53. The summed E-state index contributed by atoms with van der Waals surface area (Å²) in [5.74, 6) is 1.31. The molecule has 0 spiro atoms. The van der Waals surface area contributed by atoms with Gasteiger partial charge in [0.1, 0.15) is 18.4 Å². The van der Waals surface area contributed by atoms with Gasteiger partial charge in [-0.15, -0.1) is 0 Å². The van der Waals surface area contributed by atoms with Crippen LogP contribution in [0.2, 0.25) is 0 Å². The van der Waals surface area contributed by atoms with Crippen LogP contribution >= 0.6 is 0 Å². The highest BCUT2D eigenvalue weighted by atomic mass is 16.6. The summed E-state index contributed by atoms with van der Waals surface area (Å²) >= 11 is 0. The van der Waals surface area contributed by atoms with E-state index in [-0.39, 0.29) is 37.1 Å². The van der Waals surface area contributed by atoms with Crippen molar-refractivity contribution in [2.45, 2.75) is 91.7 Å². The van der Waals surface area contributed by atoms with Crippen LogP contribution in [0.3, 0.4) is 0 Å². The van der Waals surface area contributed by atoms with Gasteiger partial charge in [-0.25, -0.2) is 9.79 Å². The lowest BCUT2D eigenvalue weighted by molar-refractivity contribution is -0.157. The van der Waals surface area contributed by atoms with Crippen molar-refractivity contribution in [2.24, 2.45) is 16.8 Å². The van der Waals surface area contributed by atoms with Gasteiger partial charge in [0.05, 0.1) is 18.9 Å². The van der Waals surface area contributed by atoms with Crippen molar-refractivity contribution in [1.82, 2.24) is 15.1 Å². The van der Waals surface area contributed by atoms with Crippen molar-refractivity contribution >= 4 is 29.6 Å². The minimum atomic E-state index is -0.631. The summed E-state index contributed by atoms with van der Waals surface area (Å²) in [5.41, 5.74) is 1.53. The van der Waals surface area contributed by atoms with E-state index in [1.165, 1.54) is 0 Å². The molecule has 10 nitrogen and oxygen atoms in total. The van der Waals surface area contributed by atoms with Gasteiger partial charge in [0.2, 0.25) is 11.9 Å². The molecule has 1 heterocycles. The number of aliphatic imine (C=N–C) groups is 1. The van der Waals surface area contributed by atoms with E-state index in [0.717, 1.165) is 50.6 Å². The number of carbonyl (C=O) groups is 3. The fourth-order valence-electron chi connectivity index (χ4n) is 5.41. The normalized spacial score (nSPS) is 20.0. The van der Waals surface area contributed by atoms with Crippen LogP contribution in [0.25, 0.3) is 0 Å². The van der Waals surface area contributed by atoms with Crippen LogP contribution in [0.15, 0.2) is 23.2 Å². The van der Waals surface area contributed by atoms with Crippen LogP contribution < -0.4 is 10.1 Å². The van der Waals surface area contributed by atoms with Gasteiger partial charge in [-0.3, -0.25) is 14.9 Å². The molecule has 2 atom stereocenters. The number of nitrogens with one attached hydrogen (secondary N) is 1. The van der Waals surface area contributed by atoms with Gasteiger partial charge in [-0.05, 0) is 62.6 Å². The van der Waals surface area contributed by atoms with Gasteiger partial charge in [-0.1, -0.05) is 40.0 Å². The molecule has 1 fully saturated rings. The number of carbonyl (C=O) groups excluding carboxylic acids is 3. The van der Waals surface area contributed by atoms with E-state index in [2.05, 4.69) is 31.1 Å². The average Bonchev–Trinajstić information content (AvgIpc) is 2.93. The maximum absolute atomic E-state index is 13.0. The highest BCUT2D eigenvalue weighted by molar-refractivity contribution is 5.97. The number of alkyl carbamates (subject to hydrolysis) is 1. The zero-order valence-electron chi connectivity index (χ0n) is 25.4. The fourth-order valence-corrected chi connectivity index (χ4v) is 5.41. The van der Waals surface area contributed by atoms with E-state index in [0.29, 0.717) is 49.3 Å². The van der Waals surface area contributed by atoms with Crippen molar-refractivity contribution in [3.05, 3.63) is 23.8 Å². The molecule has 10 heteroatoms. The van der Waals surface area contributed by atoms with Crippen molar-refractivity contribution in [2.75, 3.05) is 33.4 Å². The molecule has 1 N–H and O–H groups in total. The molecule has 2 aliphatic rings. The molecular weight excluding hydrogens is 524 g/mol. The van der Waals surface area contributed by atoms with Crippen LogP contribution in [0, 0.1) is 11.8 Å². The van der Waals surface area contributed by atoms with E-state index in [1.54, 1.807) is 16.7 Å². The molecule has 228 valence electrons. The number of hydrogen-bond donors (Lipinski definition) is 1. The minimum absolute atomic E-state index is 0.0560. The van der Waals surface area contributed by atoms with Gasteiger partial charge >= 0.3 is 12.1 Å². The smallest absolute Gasteiger partial charge is 0.413 e. The molecule has 1 aliphatic carbocycles. The fraction of sp³-hybridized carbons (Fsp3) is 0.677. The molecule has 1 aromatic rings. The molecule has 1 aliphatic heterocycles. The van der Waals surface area contributed by atoms with Crippen LogP contribution in [0.5, 0.6) is 5.75 Å². The quantitative estimate of drug-likeness (QED) is 0.249. The van der Waals surface area contributed by atoms with E-state index in [1.807, 2.05) is 25.2 Å². The van der Waals surface area contributed by atoms with Crippen molar-refractivity contribution in [3.63, 3.8) is 0 Å². The zero-order valence-corrected chi connectivity index (χ0v) is 25.4. The van der Waals surface area contributed by atoms with E-state index >= 15 is 0 Å². The monoisotopic (exact) mass is 572 g/mol. The van der Waals surface area contributed by atoms with Gasteiger partial charge in [0.15, 0.2) is 0 Å². The Morgan fingerprint density at radius 3 is 2.56 bits per heavy atom. The Bertz CT molecular complexity index is 1050. The van der Waals surface area contributed by atoms with E-state index in [9.17, 15) is 14.4 Å². The van der Waals surface area contributed by atoms with Crippen molar-refractivity contribution in [3.8, 4) is 5.75 Å². The SMILES string of the molecule is CCCCCN(C)C(=O)CCCOc1ccc2c(c1)CN(CC(=O)OC1C(C)CCCC1C)C(NC(=O)OCC)=N2. The first kappa shape index (κ1) is 32.2. The Morgan fingerprint density at radius 1 is 1.10 bits per heavy atom. The number of amides is 2. The van der Waals surface area contributed by atoms with Crippen LogP contribution in [0.4, 0.5) is 10.5 Å². The van der Waals surface area contributed by atoms with Crippen molar-refractivity contribution < 1.29 is 28.6 Å². The Kier molecular flexibility index (Phi) is 12.7. The molecular formula is C31H48N4O6. The maximum Gasteiger partial charge on any atom is 0.413 e. The summed E-state index contributed by atoms with van der Waals surface area (Å²) in [5, 5.41) is 2.67. The number of benzene rings is 1. The Labute approximate surface area is 244 Å². The Balaban J connectivity index is 1.61. The maximum atomic E-state index is 13.0. The summed E-state index contributed by atoms with van der Waals surface area (Å²) in [4.78, 5) is 45.7. The molecule has 1 saturated carbocycles. The standard InChI is InChI=1S/C31H48N4O6/c1-6-8-9-17-34(5)27(36)14-11-18-40-25-15-16-26-24(19-25)20-35(30(32-26)33-31(38)39-7-2)21-28(37)41-29-22(3)12-10-13-23(29)4/h15-16,19,22-23,29H,6-14,17-18,20-21H2,1-5H3,(H,32,33,38). The lowest BCUT2D eigenvalue weighted by Gasteiger charge is -2.35. The topological polar surface area (TPSA) is 110 Å². The molecule has 1 aromatic carbocycles. The summed E-state index contributed by atoms with van der Waals surface area (Å²) < 4.78 is 16.9. The average molecular weight is 573 g/mol.